The van der Waals surface area contributed by atoms with E-state index in [4.69, 9.17) is 9.90 Å². The molecule has 0 spiro atoms. The predicted octanol–water partition coefficient (Wildman–Crippen LogP) is 1.22. The van der Waals surface area contributed by atoms with E-state index in [0.29, 0.717) is 6.54 Å². The summed E-state index contributed by atoms with van der Waals surface area (Å²) in [5, 5.41) is 11.5. The highest BCUT2D eigenvalue weighted by molar-refractivity contribution is 7.88. The molecular formula is C15H23F3N4O4S. The van der Waals surface area contributed by atoms with Crippen LogP contribution in [0.25, 0.3) is 0 Å². The van der Waals surface area contributed by atoms with Crippen LogP contribution in [0.4, 0.5) is 13.2 Å². The van der Waals surface area contributed by atoms with Crippen LogP contribution in [0.3, 0.4) is 0 Å². The molecule has 27 heavy (non-hydrogen) atoms. The van der Waals surface area contributed by atoms with Gasteiger partial charge in [-0.25, -0.2) is 17.9 Å². The lowest BCUT2D eigenvalue weighted by Crippen LogP contribution is -2.44. The van der Waals surface area contributed by atoms with Crippen molar-refractivity contribution in [2.45, 2.75) is 38.0 Å². The summed E-state index contributed by atoms with van der Waals surface area (Å²) in [5.41, 5.74) is 1.18. The summed E-state index contributed by atoms with van der Waals surface area (Å²) in [6, 6.07) is 2.11. The quantitative estimate of drug-likeness (QED) is 0.754. The van der Waals surface area contributed by atoms with Crippen molar-refractivity contribution in [1.82, 2.24) is 19.4 Å². The van der Waals surface area contributed by atoms with Crippen LogP contribution in [0, 0.1) is 5.92 Å². The second kappa shape index (κ2) is 8.57. The zero-order valence-corrected chi connectivity index (χ0v) is 15.6. The van der Waals surface area contributed by atoms with Crippen molar-refractivity contribution in [3.05, 3.63) is 18.0 Å². The van der Waals surface area contributed by atoms with Gasteiger partial charge in [0.1, 0.15) is 0 Å². The molecule has 0 aromatic carbocycles. The van der Waals surface area contributed by atoms with Gasteiger partial charge in [0.05, 0.1) is 18.0 Å². The topological polar surface area (TPSA) is 105 Å². The van der Waals surface area contributed by atoms with E-state index < -0.39 is 22.2 Å². The van der Waals surface area contributed by atoms with Gasteiger partial charge in [0, 0.05) is 32.4 Å². The van der Waals surface area contributed by atoms with Crippen molar-refractivity contribution in [2.24, 2.45) is 5.92 Å². The highest BCUT2D eigenvalue weighted by Crippen LogP contribution is 2.29. The number of rotatable bonds is 5. The smallest absolute Gasteiger partial charge is 0.475 e. The van der Waals surface area contributed by atoms with Gasteiger partial charge < -0.3 is 5.11 Å². The lowest BCUT2D eigenvalue weighted by atomic mass is 9.85. The molecule has 3 rings (SSSR count). The van der Waals surface area contributed by atoms with Gasteiger partial charge in [-0.2, -0.15) is 18.3 Å². The van der Waals surface area contributed by atoms with Gasteiger partial charge in [0.15, 0.2) is 0 Å². The number of alkyl halides is 3. The Bertz CT molecular complexity index is 746. The first-order chi connectivity index (χ1) is 12.5. The molecule has 0 radical (unpaired) electrons. The fraction of sp³-hybridized carbons (Fsp3) is 0.733. The largest absolute Gasteiger partial charge is 0.490 e. The van der Waals surface area contributed by atoms with E-state index in [1.807, 2.05) is 10.7 Å². The molecule has 0 amide bonds. The van der Waals surface area contributed by atoms with Gasteiger partial charge >= 0.3 is 12.1 Å². The van der Waals surface area contributed by atoms with Crippen molar-refractivity contribution >= 4 is 16.0 Å². The van der Waals surface area contributed by atoms with Crippen molar-refractivity contribution in [3.63, 3.8) is 0 Å². The number of hydrogen-bond donors (Lipinski definition) is 2. The van der Waals surface area contributed by atoms with Crippen molar-refractivity contribution < 1.29 is 31.5 Å². The number of fused-ring (bicyclic) bond motifs is 1. The summed E-state index contributed by atoms with van der Waals surface area (Å²) in [4.78, 5) is 11.3. The second-order valence-corrected chi connectivity index (χ2v) is 8.67. The van der Waals surface area contributed by atoms with Crippen LogP contribution in [0.1, 0.15) is 31.0 Å². The number of aromatic nitrogens is 2. The average molecular weight is 412 g/mol. The van der Waals surface area contributed by atoms with Crippen LogP contribution in [-0.2, 0) is 21.4 Å². The summed E-state index contributed by atoms with van der Waals surface area (Å²) in [6.07, 6.45) is 1.95. The molecule has 1 aliphatic heterocycles. The van der Waals surface area contributed by atoms with E-state index in [1.165, 1.54) is 31.2 Å². The van der Waals surface area contributed by atoms with Crippen LogP contribution >= 0.6 is 0 Å². The lowest BCUT2D eigenvalue weighted by Gasteiger charge is -2.38. The van der Waals surface area contributed by atoms with Crippen LogP contribution in [0.2, 0.25) is 0 Å². The molecule has 1 aromatic rings. The number of sulfonamides is 1. The van der Waals surface area contributed by atoms with Crippen molar-refractivity contribution in [1.29, 1.82) is 0 Å². The summed E-state index contributed by atoms with van der Waals surface area (Å²) in [5.74, 6) is -1.93. The normalized spacial score (nSPS) is 21.0. The molecular weight excluding hydrogens is 389 g/mol. The molecule has 1 unspecified atom stereocenters. The average Bonchev–Trinajstić information content (AvgIpc) is 2.96. The Kier molecular flexibility index (Phi) is 6.87. The Hall–Kier alpha value is -1.66. The maximum atomic E-state index is 11.3. The zero-order valence-electron chi connectivity index (χ0n) is 14.8. The Morgan fingerprint density at radius 2 is 2.04 bits per heavy atom. The highest BCUT2D eigenvalue weighted by atomic mass is 32.2. The first kappa shape index (κ1) is 21.6. The number of halogens is 3. The number of nitrogens with one attached hydrogen (secondary N) is 1. The van der Waals surface area contributed by atoms with E-state index in [1.54, 1.807) is 6.20 Å². The minimum atomic E-state index is -5.08. The molecule has 2 aliphatic rings. The van der Waals surface area contributed by atoms with Gasteiger partial charge in [-0.1, -0.05) is 6.42 Å². The van der Waals surface area contributed by atoms with Gasteiger partial charge in [0.25, 0.3) is 0 Å². The maximum Gasteiger partial charge on any atom is 0.490 e. The van der Waals surface area contributed by atoms with Crippen molar-refractivity contribution in [3.8, 4) is 0 Å². The summed E-state index contributed by atoms with van der Waals surface area (Å²) >= 11 is 0. The van der Waals surface area contributed by atoms with E-state index >= 15 is 0 Å². The third-order valence-corrected chi connectivity index (χ3v) is 5.21. The number of hydrogen-bond acceptors (Lipinski definition) is 5. The Morgan fingerprint density at radius 1 is 1.41 bits per heavy atom. The van der Waals surface area contributed by atoms with Gasteiger partial charge in [-0.3, -0.25) is 9.58 Å². The monoisotopic (exact) mass is 412 g/mol. The summed E-state index contributed by atoms with van der Waals surface area (Å²) in [6.45, 7) is 3.33. The number of carboxylic acid groups (broad SMARTS) is 1. The Balaban J connectivity index is 0.000000321. The van der Waals surface area contributed by atoms with Crippen molar-refractivity contribution in [2.75, 3.05) is 25.9 Å². The summed E-state index contributed by atoms with van der Waals surface area (Å²) in [7, 11) is -3.15. The van der Waals surface area contributed by atoms with Crippen LogP contribution < -0.4 is 4.72 Å². The van der Waals surface area contributed by atoms with Crippen LogP contribution in [0.15, 0.2) is 12.3 Å². The molecule has 1 atom stereocenters. The minimum Gasteiger partial charge on any atom is -0.475 e. The van der Waals surface area contributed by atoms with Gasteiger partial charge in [-0.05, 0) is 24.8 Å². The number of carbonyl (C=O) groups is 1. The van der Waals surface area contributed by atoms with E-state index in [-0.39, 0.29) is 6.04 Å². The standard InChI is InChI=1S/C13H22N4O2S.C2HF3O2/c1-20(18,19)15-7-13-10-16(8-11-3-2-4-11)9-12-5-6-14-17(12)13;3-2(4,5)1(6)7/h5-6,11,13,15H,2-4,7-10H2,1H3;(H,6,7). The highest BCUT2D eigenvalue weighted by Gasteiger charge is 2.38. The van der Waals surface area contributed by atoms with E-state index in [0.717, 1.165) is 25.6 Å². The zero-order chi connectivity index (χ0) is 20.2. The fourth-order valence-electron chi connectivity index (χ4n) is 3.04. The van der Waals surface area contributed by atoms with E-state index in [2.05, 4.69) is 14.7 Å². The third kappa shape index (κ3) is 6.78. The molecule has 2 heterocycles. The third-order valence-electron chi connectivity index (χ3n) is 4.52. The molecule has 1 aliphatic carbocycles. The molecule has 0 bridgehead atoms. The molecule has 1 aromatic heterocycles. The van der Waals surface area contributed by atoms with Crippen LogP contribution in [-0.4, -0.2) is 66.2 Å². The SMILES string of the molecule is CS(=O)(=O)NCC1CN(CC2CCC2)Cc2ccnn21.O=C(O)C(F)(F)F. The maximum absolute atomic E-state index is 11.3. The number of nitrogens with zero attached hydrogens (tertiary/aromatic N) is 3. The van der Waals surface area contributed by atoms with Gasteiger partial charge in [0.2, 0.25) is 10.0 Å². The van der Waals surface area contributed by atoms with Crippen LogP contribution in [0.5, 0.6) is 0 Å². The molecule has 8 nitrogen and oxygen atoms in total. The first-order valence-corrected chi connectivity index (χ1v) is 10.3. The summed E-state index contributed by atoms with van der Waals surface area (Å²) < 4.78 is 58.9. The van der Waals surface area contributed by atoms with Gasteiger partial charge in [-0.15, -0.1) is 0 Å². The molecule has 154 valence electrons. The second-order valence-electron chi connectivity index (χ2n) is 6.84. The minimum absolute atomic E-state index is 0.0866. The Labute approximate surface area is 155 Å². The number of aliphatic carboxylic acids is 1. The predicted molar refractivity (Wildman–Crippen MR) is 90.4 cm³/mol. The molecule has 1 fully saturated rings. The molecule has 12 heteroatoms. The fourth-order valence-corrected chi connectivity index (χ4v) is 3.54. The molecule has 0 saturated heterocycles. The molecule has 2 N–H and O–H groups in total. The van der Waals surface area contributed by atoms with E-state index in [9.17, 15) is 21.6 Å². The molecule has 1 saturated carbocycles. The Morgan fingerprint density at radius 3 is 2.52 bits per heavy atom. The lowest BCUT2D eigenvalue weighted by molar-refractivity contribution is -0.192. The number of carboxylic acids is 1. The first-order valence-electron chi connectivity index (χ1n) is 8.45.